The van der Waals surface area contributed by atoms with Crippen molar-refractivity contribution in [2.24, 2.45) is 0 Å². The normalized spacial score (nSPS) is 15.5. The highest BCUT2D eigenvalue weighted by Gasteiger charge is 2.16. The van der Waals surface area contributed by atoms with E-state index < -0.39 is 0 Å². The van der Waals surface area contributed by atoms with Crippen LogP contribution >= 0.6 is 0 Å². The van der Waals surface area contributed by atoms with E-state index in [0.717, 1.165) is 31.5 Å². The van der Waals surface area contributed by atoms with Gasteiger partial charge in [0.05, 0.1) is 11.8 Å². The Labute approximate surface area is 111 Å². The van der Waals surface area contributed by atoms with Gasteiger partial charge in [-0.1, -0.05) is 30.3 Å². The van der Waals surface area contributed by atoms with Gasteiger partial charge in [0, 0.05) is 18.7 Å². The van der Waals surface area contributed by atoms with Gasteiger partial charge < -0.3 is 9.32 Å². The SMILES string of the molecule is O=c1cc(-c2ccccc2)nc(N2CCCCC2)o1. The fraction of sp³-hybridized carbons (Fsp3) is 0.333. The smallest absolute Gasteiger partial charge is 0.340 e. The molecule has 98 valence electrons. The number of benzene rings is 1. The van der Waals surface area contributed by atoms with Gasteiger partial charge in [0.15, 0.2) is 0 Å². The molecule has 0 radical (unpaired) electrons. The lowest BCUT2D eigenvalue weighted by Gasteiger charge is -2.25. The molecule has 2 heterocycles. The van der Waals surface area contributed by atoms with Crippen molar-refractivity contribution < 1.29 is 4.42 Å². The van der Waals surface area contributed by atoms with Gasteiger partial charge in [-0.3, -0.25) is 0 Å². The first kappa shape index (κ1) is 12.0. The quantitative estimate of drug-likeness (QED) is 0.828. The highest BCUT2D eigenvalue weighted by Crippen LogP contribution is 2.20. The first-order valence-electron chi connectivity index (χ1n) is 6.65. The first-order valence-corrected chi connectivity index (χ1v) is 6.65. The molecule has 1 fully saturated rings. The van der Waals surface area contributed by atoms with Gasteiger partial charge in [0.1, 0.15) is 0 Å². The Bertz CT molecular complexity index is 601. The number of hydrogen-bond donors (Lipinski definition) is 0. The first-order chi connectivity index (χ1) is 9.33. The summed E-state index contributed by atoms with van der Waals surface area (Å²) in [6, 6.07) is 11.6. The average molecular weight is 256 g/mol. The van der Waals surface area contributed by atoms with E-state index in [4.69, 9.17) is 4.42 Å². The molecule has 4 heteroatoms. The Hall–Kier alpha value is -2.10. The summed E-state index contributed by atoms with van der Waals surface area (Å²) in [5, 5.41) is 0. The van der Waals surface area contributed by atoms with E-state index >= 15 is 0 Å². The second kappa shape index (κ2) is 5.26. The van der Waals surface area contributed by atoms with Crippen molar-refractivity contribution in [3.8, 4) is 11.3 Å². The molecule has 0 saturated carbocycles. The topological polar surface area (TPSA) is 46.3 Å². The minimum Gasteiger partial charge on any atom is -0.389 e. The van der Waals surface area contributed by atoms with E-state index in [0.29, 0.717) is 11.7 Å². The minimum atomic E-state index is -0.338. The van der Waals surface area contributed by atoms with Crippen LogP contribution in [0.25, 0.3) is 11.3 Å². The summed E-state index contributed by atoms with van der Waals surface area (Å²) < 4.78 is 5.24. The van der Waals surface area contributed by atoms with E-state index in [-0.39, 0.29) is 5.63 Å². The van der Waals surface area contributed by atoms with Crippen molar-refractivity contribution in [1.29, 1.82) is 0 Å². The summed E-state index contributed by atoms with van der Waals surface area (Å²) in [7, 11) is 0. The van der Waals surface area contributed by atoms with Crippen molar-refractivity contribution in [3.63, 3.8) is 0 Å². The largest absolute Gasteiger partial charge is 0.389 e. The second-order valence-electron chi connectivity index (χ2n) is 4.76. The molecule has 3 rings (SSSR count). The Balaban J connectivity index is 1.98. The highest BCUT2D eigenvalue weighted by molar-refractivity contribution is 5.59. The molecule has 1 aromatic carbocycles. The Morgan fingerprint density at radius 3 is 2.53 bits per heavy atom. The van der Waals surface area contributed by atoms with Crippen molar-refractivity contribution in [3.05, 3.63) is 46.8 Å². The summed E-state index contributed by atoms with van der Waals surface area (Å²) in [5.74, 6) is 0. The molecule has 0 spiro atoms. The van der Waals surface area contributed by atoms with Crippen LogP contribution in [0.4, 0.5) is 6.01 Å². The molecule has 0 atom stereocenters. The zero-order valence-electron chi connectivity index (χ0n) is 10.7. The molecule has 1 aliphatic rings. The molecule has 19 heavy (non-hydrogen) atoms. The molecule has 1 aliphatic heterocycles. The highest BCUT2D eigenvalue weighted by atomic mass is 16.4. The second-order valence-corrected chi connectivity index (χ2v) is 4.76. The van der Waals surface area contributed by atoms with E-state index in [9.17, 15) is 4.79 Å². The minimum absolute atomic E-state index is 0.338. The fourth-order valence-corrected chi connectivity index (χ4v) is 2.37. The molecule has 2 aromatic rings. The predicted molar refractivity (Wildman–Crippen MR) is 74.3 cm³/mol. The summed E-state index contributed by atoms with van der Waals surface area (Å²) in [6.45, 7) is 1.82. The number of aromatic nitrogens is 1. The third-order valence-electron chi connectivity index (χ3n) is 3.36. The van der Waals surface area contributed by atoms with E-state index in [2.05, 4.69) is 9.88 Å². The molecule has 0 aliphatic carbocycles. The van der Waals surface area contributed by atoms with Crippen LogP contribution < -0.4 is 10.5 Å². The van der Waals surface area contributed by atoms with Crippen molar-refractivity contribution >= 4 is 6.01 Å². The van der Waals surface area contributed by atoms with Gasteiger partial charge in [-0.15, -0.1) is 0 Å². The lowest BCUT2D eigenvalue weighted by Crippen LogP contribution is -2.31. The van der Waals surface area contributed by atoms with E-state index in [1.807, 2.05) is 30.3 Å². The molecule has 0 amide bonds. The molecule has 0 unspecified atom stereocenters. The van der Waals surface area contributed by atoms with Crippen LogP contribution in [0.3, 0.4) is 0 Å². The van der Waals surface area contributed by atoms with Crippen LogP contribution in [0.15, 0.2) is 45.6 Å². The zero-order valence-corrected chi connectivity index (χ0v) is 10.7. The number of nitrogens with zero attached hydrogens (tertiary/aromatic N) is 2. The van der Waals surface area contributed by atoms with Crippen molar-refractivity contribution in [1.82, 2.24) is 4.98 Å². The summed E-state index contributed by atoms with van der Waals surface area (Å²) in [4.78, 5) is 18.2. The molecule has 1 aromatic heterocycles. The fourth-order valence-electron chi connectivity index (χ4n) is 2.37. The summed E-state index contributed by atoms with van der Waals surface area (Å²) in [6.07, 6.45) is 3.49. The Kier molecular flexibility index (Phi) is 3.31. The van der Waals surface area contributed by atoms with Crippen LogP contribution in [0, 0.1) is 0 Å². The average Bonchev–Trinajstić information content (AvgIpc) is 2.48. The Morgan fingerprint density at radius 2 is 1.79 bits per heavy atom. The van der Waals surface area contributed by atoms with Crippen LogP contribution in [0.5, 0.6) is 0 Å². The lowest BCUT2D eigenvalue weighted by atomic mass is 10.1. The predicted octanol–water partition coefficient (Wildman–Crippen LogP) is 2.69. The van der Waals surface area contributed by atoms with Gasteiger partial charge in [-0.25, -0.2) is 4.79 Å². The van der Waals surface area contributed by atoms with E-state index in [1.54, 1.807) is 0 Å². The molecule has 0 bridgehead atoms. The van der Waals surface area contributed by atoms with Crippen LogP contribution in [0.1, 0.15) is 19.3 Å². The van der Waals surface area contributed by atoms with Crippen LogP contribution in [0.2, 0.25) is 0 Å². The molecule has 1 saturated heterocycles. The van der Waals surface area contributed by atoms with Crippen molar-refractivity contribution in [2.75, 3.05) is 18.0 Å². The lowest BCUT2D eigenvalue weighted by molar-refractivity contribution is 0.453. The third-order valence-corrected chi connectivity index (χ3v) is 3.36. The van der Waals surface area contributed by atoms with Crippen LogP contribution in [-0.2, 0) is 0 Å². The van der Waals surface area contributed by atoms with Crippen LogP contribution in [-0.4, -0.2) is 18.1 Å². The van der Waals surface area contributed by atoms with Gasteiger partial charge in [-0.2, -0.15) is 4.98 Å². The molecule has 0 N–H and O–H groups in total. The number of hydrogen-bond acceptors (Lipinski definition) is 4. The van der Waals surface area contributed by atoms with Gasteiger partial charge in [0.25, 0.3) is 0 Å². The van der Waals surface area contributed by atoms with E-state index in [1.165, 1.54) is 12.5 Å². The standard InChI is InChI=1S/C15H16N2O2/c18-14-11-13(12-7-3-1-4-8-12)16-15(19-14)17-9-5-2-6-10-17/h1,3-4,7-8,11H,2,5-6,9-10H2. The number of anilines is 1. The maximum Gasteiger partial charge on any atom is 0.340 e. The number of rotatable bonds is 2. The monoisotopic (exact) mass is 256 g/mol. The number of piperidine rings is 1. The summed E-state index contributed by atoms with van der Waals surface area (Å²) in [5.41, 5.74) is 1.28. The Morgan fingerprint density at radius 1 is 1.05 bits per heavy atom. The summed E-state index contributed by atoms with van der Waals surface area (Å²) >= 11 is 0. The maximum atomic E-state index is 11.7. The van der Waals surface area contributed by atoms with Gasteiger partial charge in [-0.05, 0) is 19.3 Å². The molecular weight excluding hydrogens is 240 g/mol. The van der Waals surface area contributed by atoms with Gasteiger partial charge in [0.2, 0.25) is 0 Å². The maximum absolute atomic E-state index is 11.7. The molecule has 4 nitrogen and oxygen atoms in total. The van der Waals surface area contributed by atoms with Gasteiger partial charge >= 0.3 is 11.6 Å². The third kappa shape index (κ3) is 2.67. The molecular formula is C15H16N2O2. The van der Waals surface area contributed by atoms with Crippen molar-refractivity contribution in [2.45, 2.75) is 19.3 Å². The zero-order chi connectivity index (χ0) is 13.1.